The van der Waals surface area contributed by atoms with E-state index in [9.17, 15) is 8.42 Å². The number of azo groups is 1. The van der Waals surface area contributed by atoms with Crippen LogP contribution in [0, 0.1) is 0 Å². The van der Waals surface area contributed by atoms with E-state index in [-0.39, 0.29) is 10.7 Å². The Kier molecular flexibility index (Phi) is 4.91. The number of nitrogens with two attached hydrogens (primary N) is 2. The minimum absolute atomic E-state index is 0.0167. The maximum absolute atomic E-state index is 11.3. The highest BCUT2D eigenvalue weighted by Gasteiger charge is 2.18. The Hall–Kier alpha value is -2.59. The molecule has 1 saturated heterocycles. The lowest BCUT2D eigenvalue weighted by Gasteiger charge is -2.28. The second-order valence-electron chi connectivity index (χ2n) is 5.72. The number of benzene rings is 1. The van der Waals surface area contributed by atoms with Gasteiger partial charge in [-0.1, -0.05) is 0 Å². The van der Waals surface area contributed by atoms with Gasteiger partial charge in [-0.05, 0) is 43.5 Å². The average Bonchev–Trinajstić information content (AvgIpc) is 2.61. The topological polar surface area (TPSA) is 140 Å². The predicted octanol–water partition coefficient (Wildman–Crippen LogP) is 2.11. The molecule has 0 amide bonds. The summed E-state index contributed by atoms with van der Waals surface area (Å²) in [6.45, 7) is 1.78. The number of nitrogen functional groups attached to an aromatic ring is 1. The SMILES string of the molecule is Nc1ncnc(N2CCCCC2)c1N=Nc1ccc(S(N)(=O)=O)cc1. The van der Waals surface area contributed by atoms with E-state index in [0.29, 0.717) is 17.2 Å². The van der Waals surface area contributed by atoms with Crippen LogP contribution in [0.1, 0.15) is 19.3 Å². The molecule has 0 aliphatic carbocycles. The zero-order valence-corrected chi connectivity index (χ0v) is 14.4. The Balaban J connectivity index is 1.88. The van der Waals surface area contributed by atoms with E-state index in [2.05, 4.69) is 25.1 Å². The second-order valence-corrected chi connectivity index (χ2v) is 7.28. The highest BCUT2D eigenvalue weighted by molar-refractivity contribution is 7.89. The van der Waals surface area contributed by atoms with E-state index >= 15 is 0 Å². The summed E-state index contributed by atoms with van der Waals surface area (Å²) in [6, 6.07) is 5.79. The van der Waals surface area contributed by atoms with Crippen LogP contribution in [0.3, 0.4) is 0 Å². The molecule has 9 nitrogen and oxygen atoms in total. The Morgan fingerprint density at radius 2 is 1.68 bits per heavy atom. The van der Waals surface area contributed by atoms with Crippen molar-refractivity contribution in [3.05, 3.63) is 30.6 Å². The van der Waals surface area contributed by atoms with Gasteiger partial charge in [-0.3, -0.25) is 0 Å². The van der Waals surface area contributed by atoms with Gasteiger partial charge < -0.3 is 10.6 Å². The maximum atomic E-state index is 11.3. The molecular weight excluding hydrogens is 342 g/mol. The van der Waals surface area contributed by atoms with Gasteiger partial charge in [0.15, 0.2) is 17.3 Å². The molecule has 2 aromatic rings. The molecule has 0 bridgehead atoms. The number of anilines is 2. The lowest BCUT2D eigenvalue weighted by atomic mass is 10.1. The number of aromatic nitrogens is 2. The van der Waals surface area contributed by atoms with Gasteiger partial charge in [0, 0.05) is 13.1 Å². The van der Waals surface area contributed by atoms with Crippen molar-refractivity contribution in [2.45, 2.75) is 24.2 Å². The van der Waals surface area contributed by atoms with Gasteiger partial charge in [-0.25, -0.2) is 23.5 Å². The van der Waals surface area contributed by atoms with Gasteiger partial charge in [0.2, 0.25) is 10.0 Å². The molecule has 3 rings (SSSR count). The molecule has 4 N–H and O–H groups in total. The molecule has 1 aromatic heterocycles. The van der Waals surface area contributed by atoms with Crippen molar-refractivity contribution < 1.29 is 8.42 Å². The van der Waals surface area contributed by atoms with Gasteiger partial charge in [0.05, 0.1) is 10.6 Å². The summed E-state index contributed by atoms with van der Waals surface area (Å²) in [5.74, 6) is 0.914. The Bertz CT molecular complexity index is 875. The molecule has 1 aliphatic heterocycles. The Morgan fingerprint density at radius 3 is 2.32 bits per heavy atom. The monoisotopic (exact) mass is 361 g/mol. The third-order valence-electron chi connectivity index (χ3n) is 3.92. The van der Waals surface area contributed by atoms with Crippen LogP contribution in [-0.2, 0) is 10.0 Å². The smallest absolute Gasteiger partial charge is 0.238 e. The standard InChI is InChI=1S/C15H19N7O2S/c16-14-13(15(19-10-18-14)22-8-2-1-3-9-22)21-20-11-4-6-12(7-5-11)25(17,23)24/h4-7,10H,1-3,8-9H2,(H2,16,18,19)(H2,17,23,24). The van der Waals surface area contributed by atoms with Crippen LogP contribution in [0.25, 0.3) is 0 Å². The van der Waals surface area contributed by atoms with Crippen molar-refractivity contribution in [3.63, 3.8) is 0 Å². The fourth-order valence-electron chi connectivity index (χ4n) is 2.63. The Labute approximate surface area is 145 Å². The number of hydrogen-bond donors (Lipinski definition) is 2. The van der Waals surface area contributed by atoms with Crippen LogP contribution in [0.2, 0.25) is 0 Å². The molecule has 0 spiro atoms. The van der Waals surface area contributed by atoms with Crippen LogP contribution in [0.15, 0.2) is 45.7 Å². The number of piperidine rings is 1. The van der Waals surface area contributed by atoms with Crippen LogP contribution in [0.4, 0.5) is 23.0 Å². The first-order valence-corrected chi connectivity index (χ1v) is 9.40. The zero-order chi connectivity index (χ0) is 17.9. The van der Waals surface area contributed by atoms with Crippen molar-refractivity contribution in [3.8, 4) is 0 Å². The summed E-state index contributed by atoms with van der Waals surface area (Å²) in [5, 5.41) is 13.4. The lowest BCUT2D eigenvalue weighted by Crippen LogP contribution is -2.30. The Morgan fingerprint density at radius 1 is 1.00 bits per heavy atom. The number of primary sulfonamides is 1. The molecule has 0 radical (unpaired) electrons. The molecule has 2 heterocycles. The quantitative estimate of drug-likeness (QED) is 0.799. The summed E-state index contributed by atoms with van der Waals surface area (Å²) < 4.78 is 22.5. The molecule has 0 unspecified atom stereocenters. The third-order valence-corrected chi connectivity index (χ3v) is 4.85. The first kappa shape index (κ1) is 17.2. The summed E-state index contributed by atoms with van der Waals surface area (Å²) in [5.41, 5.74) is 6.84. The van der Waals surface area contributed by atoms with Crippen LogP contribution in [-0.4, -0.2) is 31.5 Å². The van der Waals surface area contributed by atoms with Crippen molar-refractivity contribution in [2.24, 2.45) is 15.4 Å². The molecule has 1 aliphatic rings. The minimum Gasteiger partial charge on any atom is -0.382 e. The van der Waals surface area contributed by atoms with Crippen LogP contribution in [0.5, 0.6) is 0 Å². The van der Waals surface area contributed by atoms with Crippen molar-refractivity contribution >= 4 is 33.0 Å². The lowest BCUT2D eigenvalue weighted by molar-refractivity contribution is 0.573. The number of sulfonamides is 1. The molecule has 0 atom stereocenters. The molecule has 10 heteroatoms. The van der Waals surface area contributed by atoms with Crippen LogP contribution < -0.4 is 15.8 Å². The summed E-state index contributed by atoms with van der Waals surface area (Å²) >= 11 is 0. The van der Waals surface area contributed by atoms with E-state index in [1.165, 1.54) is 37.0 Å². The van der Waals surface area contributed by atoms with E-state index < -0.39 is 10.0 Å². The third kappa shape index (κ3) is 4.09. The van der Waals surface area contributed by atoms with Crippen molar-refractivity contribution in [1.29, 1.82) is 0 Å². The normalized spacial score (nSPS) is 15.6. The van der Waals surface area contributed by atoms with E-state index in [4.69, 9.17) is 10.9 Å². The van der Waals surface area contributed by atoms with Gasteiger partial charge in [-0.2, -0.15) is 5.11 Å². The second kappa shape index (κ2) is 7.11. The van der Waals surface area contributed by atoms with E-state index in [1.54, 1.807) is 0 Å². The first-order valence-electron chi connectivity index (χ1n) is 7.85. The van der Waals surface area contributed by atoms with Gasteiger partial charge in [0.25, 0.3) is 0 Å². The number of rotatable bonds is 4. The number of hydrogen-bond acceptors (Lipinski definition) is 8. The predicted molar refractivity (Wildman–Crippen MR) is 94.5 cm³/mol. The molecule has 25 heavy (non-hydrogen) atoms. The molecular formula is C15H19N7O2S. The van der Waals surface area contributed by atoms with E-state index in [1.807, 2.05) is 0 Å². The van der Waals surface area contributed by atoms with Gasteiger partial charge in [0.1, 0.15) is 6.33 Å². The first-order chi connectivity index (χ1) is 11.9. The van der Waals surface area contributed by atoms with Gasteiger partial charge in [-0.15, -0.1) is 5.11 Å². The zero-order valence-electron chi connectivity index (χ0n) is 13.5. The average molecular weight is 361 g/mol. The van der Waals surface area contributed by atoms with E-state index in [0.717, 1.165) is 25.9 Å². The summed E-state index contributed by atoms with van der Waals surface area (Å²) in [7, 11) is -3.73. The van der Waals surface area contributed by atoms with Crippen molar-refractivity contribution in [1.82, 2.24) is 9.97 Å². The fraction of sp³-hybridized carbons (Fsp3) is 0.333. The fourth-order valence-corrected chi connectivity index (χ4v) is 3.14. The minimum atomic E-state index is -3.73. The molecule has 1 aromatic carbocycles. The molecule has 0 saturated carbocycles. The summed E-state index contributed by atoms with van der Waals surface area (Å²) in [6.07, 6.45) is 4.80. The largest absolute Gasteiger partial charge is 0.382 e. The molecule has 1 fully saturated rings. The summed E-state index contributed by atoms with van der Waals surface area (Å²) in [4.78, 5) is 10.4. The van der Waals surface area contributed by atoms with Crippen molar-refractivity contribution in [2.75, 3.05) is 23.7 Å². The molecule has 132 valence electrons. The maximum Gasteiger partial charge on any atom is 0.238 e. The number of nitrogens with zero attached hydrogens (tertiary/aromatic N) is 5. The van der Waals surface area contributed by atoms with Crippen LogP contribution >= 0.6 is 0 Å². The van der Waals surface area contributed by atoms with Gasteiger partial charge >= 0.3 is 0 Å². The highest BCUT2D eigenvalue weighted by Crippen LogP contribution is 2.33. The highest BCUT2D eigenvalue weighted by atomic mass is 32.2.